The first kappa shape index (κ1) is 31.0. The highest BCUT2D eigenvalue weighted by Crippen LogP contribution is 2.32. The third kappa shape index (κ3) is 7.30. The van der Waals surface area contributed by atoms with E-state index in [1.807, 2.05) is 36.4 Å². The average Bonchev–Trinajstić information content (AvgIpc) is 3.28. The fourth-order valence-electron chi connectivity index (χ4n) is 5.20. The molecular weight excluding hydrogens is 542 g/mol. The van der Waals surface area contributed by atoms with Gasteiger partial charge in [-0.2, -0.15) is 5.06 Å². The molecule has 0 unspecified atom stereocenters. The first-order valence-electron chi connectivity index (χ1n) is 14.1. The SMILES string of the molecule is CCCC[Si](OC[C@H]1O[C@@H](n2cc(C)c(=O)[nH]c2=O)[C@H](OCCON(C)C)[C@@H]1O)(c1ccccc1)c1ccccc1. The Balaban J connectivity index is 1.65. The summed E-state index contributed by atoms with van der Waals surface area (Å²) in [5, 5.41) is 15.3. The van der Waals surface area contributed by atoms with Gasteiger partial charge in [-0.05, 0) is 23.3 Å². The number of hydroxylamine groups is 2. The second-order valence-electron chi connectivity index (χ2n) is 10.5. The summed E-state index contributed by atoms with van der Waals surface area (Å²) in [7, 11) is 0.795. The van der Waals surface area contributed by atoms with E-state index in [1.54, 1.807) is 26.1 Å². The van der Waals surface area contributed by atoms with Crippen molar-refractivity contribution in [1.29, 1.82) is 0 Å². The Hall–Kier alpha value is -2.90. The van der Waals surface area contributed by atoms with Crippen molar-refractivity contribution in [3.05, 3.63) is 93.3 Å². The van der Waals surface area contributed by atoms with E-state index in [-0.39, 0.29) is 19.8 Å². The molecule has 11 heteroatoms. The van der Waals surface area contributed by atoms with Crippen LogP contribution in [0.2, 0.25) is 6.04 Å². The second kappa shape index (κ2) is 14.3. The molecule has 1 aliphatic rings. The fourth-order valence-corrected chi connectivity index (χ4v) is 9.35. The van der Waals surface area contributed by atoms with Gasteiger partial charge in [0.05, 0.1) is 19.8 Å². The zero-order valence-corrected chi connectivity index (χ0v) is 25.2. The van der Waals surface area contributed by atoms with E-state index in [1.165, 1.54) is 10.8 Å². The smallest absolute Gasteiger partial charge is 0.330 e. The maximum absolute atomic E-state index is 12.8. The summed E-state index contributed by atoms with van der Waals surface area (Å²) in [5.41, 5.74) is -0.770. The van der Waals surface area contributed by atoms with Crippen LogP contribution >= 0.6 is 0 Å². The molecule has 0 radical (unpaired) electrons. The molecule has 4 rings (SSSR count). The number of aromatic amines is 1. The normalized spacial score (nSPS) is 21.0. The van der Waals surface area contributed by atoms with E-state index in [2.05, 4.69) is 36.2 Å². The monoisotopic (exact) mass is 583 g/mol. The van der Waals surface area contributed by atoms with Gasteiger partial charge in [-0.3, -0.25) is 19.2 Å². The van der Waals surface area contributed by atoms with Crippen molar-refractivity contribution in [3.63, 3.8) is 0 Å². The first-order valence-corrected chi connectivity index (χ1v) is 16.2. The standard InChI is InChI=1S/C30H41N3O7Si/c1-5-6-19-41(23-13-9-7-10-14-23,24-15-11-8-12-16-24)39-21-25-26(34)27(37-17-18-38-32(3)4)29(40-25)33-20-22(2)28(35)31-30(33)36/h7-16,20,25-27,29,34H,5-6,17-19,21H2,1-4H3,(H,31,35,36)/t25-,26-,27-,29-/m1/s1. The summed E-state index contributed by atoms with van der Waals surface area (Å²) >= 11 is 0. The van der Waals surface area contributed by atoms with Crippen molar-refractivity contribution < 1.29 is 23.8 Å². The number of ether oxygens (including phenoxy) is 2. The molecule has 222 valence electrons. The number of aliphatic hydroxyl groups is 1. The molecule has 2 N–H and O–H groups in total. The van der Waals surface area contributed by atoms with Crippen molar-refractivity contribution in [3.8, 4) is 0 Å². The van der Waals surface area contributed by atoms with Crippen molar-refractivity contribution in [2.24, 2.45) is 0 Å². The lowest BCUT2D eigenvalue weighted by Gasteiger charge is -2.34. The third-order valence-corrected chi connectivity index (χ3v) is 11.6. The molecule has 0 amide bonds. The van der Waals surface area contributed by atoms with Gasteiger partial charge >= 0.3 is 5.69 Å². The summed E-state index contributed by atoms with van der Waals surface area (Å²) in [5.74, 6) is 0. The molecule has 1 fully saturated rings. The van der Waals surface area contributed by atoms with Crippen LogP contribution in [0.25, 0.3) is 0 Å². The summed E-state index contributed by atoms with van der Waals surface area (Å²) in [6.07, 6.45) is -0.303. The van der Waals surface area contributed by atoms with Crippen molar-refractivity contribution in [1.82, 2.24) is 14.6 Å². The van der Waals surface area contributed by atoms with Crippen LogP contribution in [0.15, 0.2) is 76.4 Å². The van der Waals surface area contributed by atoms with Crippen LogP contribution < -0.4 is 21.6 Å². The van der Waals surface area contributed by atoms with Crippen molar-refractivity contribution >= 4 is 18.7 Å². The molecule has 10 nitrogen and oxygen atoms in total. The molecule has 1 saturated heterocycles. The molecular formula is C30H41N3O7Si. The minimum absolute atomic E-state index is 0.0997. The van der Waals surface area contributed by atoms with E-state index in [0.717, 1.165) is 29.3 Å². The number of nitrogens with zero attached hydrogens (tertiary/aromatic N) is 2. The Morgan fingerprint density at radius 2 is 1.66 bits per heavy atom. The Morgan fingerprint density at radius 3 is 2.24 bits per heavy atom. The number of aryl methyl sites for hydroxylation is 1. The second-order valence-corrected chi connectivity index (χ2v) is 14.1. The molecule has 2 heterocycles. The molecule has 0 bridgehead atoms. The number of hydrogen-bond acceptors (Lipinski definition) is 8. The van der Waals surface area contributed by atoms with Gasteiger partial charge in [-0.25, -0.2) is 4.79 Å². The summed E-state index contributed by atoms with van der Waals surface area (Å²) in [4.78, 5) is 32.6. The minimum atomic E-state index is -2.73. The Kier molecular flexibility index (Phi) is 10.8. The molecule has 1 aromatic heterocycles. The number of H-pyrrole nitrogens is 1. The maximum atomic E-state index is 12.8. The number of rotatable bonds is 14. The summed E-state index contributed by atoms with van der Waals surface area (Å²) in [6.45, 7) is 4.28. The van der Waals surface area contributed by atoms with Crippen LogP contribution in [-0.2, 0) is 18.7 Å². The lowest BCUT2D eigenvalue weighted by Crippen LogP contribution is -2.61. The Morgan fingerprint density at radius 1 is 1.02 bits per heavy atom. The molecule has 3 aromatic rings. The number of nitrogens with one attached hydrogen (secondary N) is 1. The maximum Gasteiger partial charge on any atom is 0.330 e. The van der Waals surface area contributed by atoms with Crippen LogP contribution in [0.3, 0.4) is 0 Å². The van der Waals surface area contributed by atoms with E-state index >= 15 is 0 Å². The molecule has 1 aliphatic heterocycles. The van der Waals surface area contributed by atoms with E-state index < -0.39 is 44.1 Å². The van der Waals surface area contributed by atoms with Gasteiger partial charge in [0.15, 0.2) is 6.23 Å². The van der Waals surface area contributed by atoms with Gasteiger partial charge in [-0.1, -0.05) is 80.4 Å². The van der Waals surface area contributed by atoms with Gasteiger partial charge in [0, 0.05) is 25.9 Å². The molecule has 2 aromatic carbocycles. The van der Waals surface area contributed by atoms with Gasteiger partial charge < -0.3 is 19.0 Å². The van der Waals surface area contributed by atoms with Gasteiger partial charge in [0.1, 0.15) is 18.3 Å². The Bertz CT molecular complexity index is 1310. The predicted octanol–water partition coefficient (Wildman–Crippen LogP) is 1.56. The van der Waals surface area contributed by atoms with Gasteiger partial charge in [-0.15, -0.1) is 0 Å². The van der Waals surface area contributed by atoms with Crippen LogP contribution in [0.4, 0.5) is 0 Å². The quantitative estimate of drug-likeness (QED) is 0.167. The van der Waals surface area contributed by atoms with Gasteiger partial charge in [0.2, 0.25) is 0 Å². The fraction of sp³-hybridized carbons (Fsp3) is 0.467. The zero-order valence-electron chi connectivity index (χ0n) is 24.2. The van der Waals surface area contributed by atoms with Crippen molar-refractivity contribution in [2.75, 3.05) is 33.9 Å². The van der Waals surface area contributed by atoms with Crippen LogP contribution in [0, 0.1) is 6.92 Å². The van der Waals surface area contributed by atoms with E-state index in [0.29, 0.717) is 5.56 Å². The molecule has 0 spiro atoms. The number of hydrogen-bond donors (Lipinski definition) is 2. The average molecular weight is 584 g/mol. The van der Waals surface area contributed by atoms with Crippen LogP contribution in [0.1, 0.15) is 31.6 Å². The lowest BCUT2D eigenvalue weighted by atomic mass is 10.1. The van der Waals surface area contributed by atoms with Crippen LogP contribution in [0.5, 0.6) is 0 Å². The number of unbranched alkanes of at least 4 members (excludes halogenated alkanes) is 1. The molecule has 0 saturated carbocycles. The minimum Gasteiger partial charge on any atom is -0.405 e. The number of aliphatic hydroxyl groups excluding tert-OH is 1. The van der Waals surface area contributed by atoms with Gasteiger partial charge in [0.25, 0.3) is 13.9 Å². The zero-order chi connectivity index (χ0) is 29.4. The number of aromatic nitrogens is 2. The molecule has 0 aliphatic carbocycles. The first-order chi connectivity index (χ1) is 19.8. The largest absolute Gasteiger partial charge is 0.405 e. The van der Waals surface area contributed by atoms with Crippen LogP contribution in [-0.4, -0.2) is 80.3 Å². The number of benzene rings is 2. The summed E-state index contributed by atoms with van der Waals surface area (Å²) < 4.78 is 20.6. The van der Waals surface area contributed by atoms with E-state index in [4.69, 9.17) is 18.7 Å². The Labute approximate surface area is 241 Å². The molecule has 41 heavy (non-hydrogen) atoms. The third-order valence-electron chi connectivity index (χ3n) is 7.33. The van der Waals surface area contributed by atoms with E-state index in [9.17, 15) is 14.7 Å². The highest BCUT2D eigenvalue weighted by molar-refractivity contribution is 6.97. The van der Waals surface area contributed by atoms with Crippen molar-refractivity contribution in [2.45, 2.75) is 57.3 Å². The highest BCUT2D eigenvalue weighted by atomic mass is 28.4. The summed E-state index contributed by atoms with van der Waals surface area (Å²) in [6, 6.07) is 21.4. The predicted molar refractivity (Wildman–Crippen MR) is 159 cm³/mol. The topological polar surface area (TPSA) is 115 Å². The lowest BCUT2D eigenvalue weighted by molar-refractivity contribution is -0.151. The highest BCUT2D eigenvalue weighted by Gasteiger charge is 2.48. The molecule has 4 atom stereocenters.